The molecule has 1 aliphatic heterocycles. The molecular formula is C28H31ClN4O3. The highest BCUT2D eigenvalue weighted by Gasteiger charge is 2.21. The summed E-state index contributed by atoms with van der Waals surface area (Å²) in [6.45, 7) is 5.68. The van der Waals surface area contributed by atoms with Crippen LogP contribution >= 0.6 is 11.6 Å². The Labute approximate surface area is 215 Å². The van der Waals surface area contributed by atoms with Crippen LogP contribution in [0.15, 0.2) is 53.6 Å². The first-order valence-corrected chi connectivity index (χ1v) is 12.8. The van der Waals surface area contributed by atoms with Crippen molar-refractivity contribution >= 4 is 23.3 Å². The molecule has 1 aliphatic carbocycles. The Bertz CT molecular complexity index is 1280. The van der Waals surface area contributed by atoms with Gasteiger partial charge in [-0.05, 0) is 60.2 Å². The number of aryl methyl sites for hydroxylation is 1. The number of fused-ring (bicyclic) bond motifs is 1. The van der Waals surface area contributed by atoms with Crippen molar-refractivity contribution in [1.82, 2.24) is 20.6 Å². The highest BCUT2D eigenvalue weighted by atomic mass is 35.5. The fourth-order valence-corrected chi connectivity index (χ4v) is 4.82. The van der Waals surface area contributed by atoms with E-state index < -0.39 is 0 Å². The van der Waals surface area contributed by atoms with Gasteiger partial charge in [-0.1, -0.05) is 35.9 Å². The highest BCUT2D eigenvalue weighted by molar-refractivity contribution is 6.30. The van der Waals surface area contributed by atoms with E-state index in [0.717, 1.165) is 56.0 Å². The van der Waals surface area contributed by atoms with Gasteiger partial charge in [0.1, 0.15) is 12.4 Å². The van der Waals surface area contributed by atoms with Gasteiger partial charge in [0.15, 0.2) is 0 Å². The molecule has 7 nitrogen and oxygen atoms in total. The number of hydrogen-bond acceptors (Lipinski definition) is 6. The summed E-state index contributed by atoms with van der Waals surface area (Å²) in [4.78, 5) is 19.9. The zero-order valence-corrected chi connectivity index (χ0v) is 21.1. The van der Waals surface area contributed by atoms with Gasteiger partial charge in [-0.15, -0.1) is 0 Å². The second-order valence-corrected chi connectivity index (χ2v) is 9.75. The minimum Gasteiger partial charge on any atom is -0.486 e. The first-order chi connectivity index (χ1) is 17.6. The van der Waals surface area contributed by atoms with E-state index in [4.69, 9.17) is 21.1 Å². The summed E-state index contributed by atoms with van der Waals surface area (Å²) in [6.07, 6.45) is 6.95. The number of hydrogen-bond donors (Lipinski definition) is 3. The maximum absolute atomic E-state index is 12.8. The Morgan fingerprint density at radius 2 is 2.17 bits per heavy atom. The lowest BCUT2D eigenvalue weighted by Crippen LogP contribution is -2.52. The van der Waals surface area contributed by atoms with Crippen molar-refractivity contribution in [2.45, 2.75) is 45.0 Å². The molecule has 2 aliphatic rings. The number of allylic oxidation sites excluding steroid dienone is 1. The van der Waals surface area contributed by atoms with Crippen LogP contribution in [-0.4, -0.2) is 41.8 Å². The number of halogens is 1. The summed E-state index contributed by atoms with van der Waals surface area (Å²) in [7, 11) is 0. The summed E-state index contributed by atoms with van der Waals surface area (Å²) in [5.74, 6) is 0.556. The minimum absolute atomic E-state index is 0.152. The van der Waals surface area contributed by atoms with E-state index >= 15 is 0 Å². The molecule has 3 heterocycles. The van der Waals surface area contributed by atoms with Crippen molar-refractivity contribution in [1.29, 1.82) is 0 Å². The lowest BCUT2D eigenvalue weighted by molar-refractivity contribution is 0.0657. The lowest BCUT2D eigenvalue weighted by Gasteiger charge is -2.29. The van der Waals surface area contributed by atoms with E-state index in [9.17, 15) is 4.79 Å². The molecule has 0 bridgehead atoms. The monoisotopic (exact) mass is 506 g/mol. The van der Waals surface area contributed by atoms with Crippen molar-refractivity contribution in [3.8, 4) is 5.75 Å². The molecule has 3 aromatic rings. The van der Waals surface area contributed by atoms with Gasteiger partial charge in [-0.3, -0.25) is 9.78 Å². The third-order valence-electron chi connectivity index (χ3n) is 6.79. The first-order valence-electron chi connectivity index (χ1n) is 12.4. The molecule has 36 heavy (non-hydrogen) atoms. The molecule has 8 heteroatoms. The lowest BCUT2D eigenvalue weighted by atomic mass is 9.88. The summed E-state index contributed by atoms with van der Waals surface area (Å²) >= 11 is 5.92. The molecular weight excluding hydrogens is 476 g/mol. The smallest absolute Gasteiger partial charge is 0.259 e. The Balaban J connectivity index is 1.29. The number of nitrogens with zero attached hydrogens (tertiary/aromatic N) is 1. The molecule has 3 N–H and O–H groups in total. The fourth-order valence-electron chi connectivity index (χ4n) is 4.71. The molecule has 0 radical (unpaired) electrons. The number of nitrogens with one attached hydrogen (secondary N) is 3. The summed E-state index contributed by atoms with van der Waals surface area (Å²) in [5, 5.41) is 7.71. The molecule has 0 spiro atoms. The largest absolute Gasteiger partial charge is 0.486 e. The second-order valence-electron chi connectivity index (χ2n) is 9.31. The molecule has 0 saturated carbocycles. The van der Waals surface area contributed by atoms with Gasteiger partial charge in [0.25, 0.3) is 5.56 Å². The second kappa shape index (κ2) is 11.4. The predicted octanol–water partition coefficient (Wildman–Crippen LogP) is 3.96. The predicted molar refractivity (Wildman–Crippen MR) is 142 cm³/mol. The molecule has 2 aromatic heterocycles. The summed E-state index contributed by atoms with van der Waals surface area (Å²) < 4.78 is 11.6. The maximum Gasteiger partial charge on any atom is 0.259 e. The maximum atomic E-state index is 12.8. The zero-order valence-electron chi connectivity index (χ0n) is 20.4. The SMILES string of the molecule is CC(NCc1ccc2c(c1)CCC(c1c(OCc3ccc(Cl)cn3)cc[nH]c1=O)=C2)[C@H]1COCCN1. The summed E-state index contributed by atoms with van der Waals surface area (Å²) in [6, 6.07) is 12.6. The number of pyridine rings is 2. The number of benzene rings is 1. The van der Waals surface area contributed by atoms with E-state index in [1.165, 1.54) is 11.1 Å². The fraction of sp³-hybridized carbons (Fsp3) is 0.357. The number of ether oxygens (including phenoxy) is 2. The van der Waals surface area contributed by atoms with Gasteiger partial charge < -0.3 is 25.1 Å². The van der Waals surface area contributed by atoms with E-state index in [2.05, 4.69) is 51.8 Å². The van der Waals surface area contributed by atoms with Crippen LogP contribution in [0.5, 0.6) is 5.75 Å². The van der Waals surface area contributed by atoms with Crippen LogP contribution in [0.3, 0.4) is 0 Å². The van der Waals surface area contributed by atoms with Crippen molar-refractivity contribution < 1.29 is 9.47 Å². The molecule has 1 fully saturated rings. The average Bonchev–Trinajstić information content (AvgIpc) is 2.91. The van der Waals surface area contributed by atoms with Gasteiger partial charge in [0.05, 0.1) is 29.5 Å². The van der Waals surface area contributed by atoms with E-state index in [-0.39, 0.29) is 12.2 Å². The van der Waals surface area contributed by atoms with Gasteiger partial charge >= 0.3 is 0 Å². The average molecular weight is 507 g/mol. The van der Waals surface area contributed by atoms with E-state index in [0.29, 0.717) is 28.4 Å². The van der Waals surface area contributed by atoms with Crippen LogP contribution in [0.4, 0.5) is 0 Å². The Hall–Kier alpha value is -2.97. The van der Waals surface area contributed by atoms with Gasteiger partial charge in [0.2, 0.25) is 0 Å². The molecule has 1 unspecified atom stereocenters. The standard InChI is InChI=1S/C28H31ClN4O3/c1-18(25-17-35-11-10-30-25)32-14-19-2-3-21-13-22(5-4-20(21)12-19)27-26(8-9-31-28(27)34)36-16-24-7-6-23(29)15-33-24/h2-3,6-9,12-13,15,18,25,30,32H,4-5,10-11,14,16-17H2,1H3,(H,31,34)/t18?,25-/m1/s1. The van der Waals surface area contributed by atoms with Crippen LogP contribution in [0.25, 0.3) is 11.6 Å². The molecule has 0 amide bonds. The molecule has 5 rings (SSSR count). The van der Waals surface area contributed by atoms with Gasteiger partial charge in [-0.2, -0.15) is 0 Å². The Kier molecular flexibility index (Phi) is 7.82. The van der Waals surface area contributed by atoms with Gasteiger partial charge in [0, 0.05) is 37.6 Å². The van der Waals surface area contributed by atoms with Crippen LogP contribution in [0, 0.1) is 0 Å². The topological polar surface area (TPSA) is 88.3 Å². The van der Waals surface area contributed by atoms with Crippen molar-refractivity contribution in [2.75, 3.05) is 19.8 Å². The number of morpholine rings is 1. The van der Waals surface area contributed by atoms with Crippen molar-refractivity contribution in [3.63, 3.8) is 0 Å². The van der Waals surface area contributed by atoms with Crippen LogP contribution in [-0.2, 0) is 24.3 Å². The molecule has 2 atom stereocenters. The van der Waals surface area contributed by atoms with Gasteiger partial charge in [-0.25, -0.2) is 0 Å². The van der Waals surface area contributed by atoms with Crippen LogP contribution in [0.2, 0.25) is 5.02 Å². The quantitative estimate of drug-likeness (QED) is 0.428. The van der Waals surface area contributed by atoms with E-state index in [1.54, 1.807) is 24.5 Å². The van der Waals surface area contributed by atoms with E-state index in [1.807, 2.05) is 6.07 Å². The zero-order chi connectivity index (χ0) is 24.9. The summed E-state index contributed by atoms with van der Waals surface area (Å²) in [5.41, 5.74) is 5.85. The Morgan fingerprint density at radius 3 is 2.97 bits per heavy atom. The highest BCUT2D eigenvalue weighted by Crippen LogP contribution is 2.33. The first kappa shape index (κ1) is 24.7. The third-order valence-corrected chi connectivity index (χ3v) is 7.01. The van der Waals surface area contributed by atoms with Crippen LogP contribution in [0.1, 0.15) is 41.3 Å². The third kappa shape index (κ3) is 5.87. The van der Waals surface area contributed by atoms with Crippen LogP contribution < -0.4 is 20.9 Å². The molecule has 188 valence electrons. The van der Waals surface area contributed by atoms with Crippen molar-refractivity contribution in [3.05, 3.63) is 92.1 Å². The molecule has 1 saturated heterocycles. The number of rotatable bonds is 8. The Morgan fingerprint density at radius 1 is 1.25 bits per heavy atom. The normalized spacial score (nSPS) is 18.3. The minimum atomic E-state index is -0.152. The molecule has 1 aromatic carbocycles. The van der Waals surface area contributed by atoms with Crippen molar-refractivity contribution in [2.24, 2.45) is 0 Å². The number of H-pyrrole nitrogens is 1. The number of aromatic amines is 1. The number of aromatic nitrogens is 2.